The van der Waals surface area contributed by atoms with E-state index in [1.165, 1.54) is 5.69 Å². The summed E-state index contributed by atoms with van der Waals surface area (Å²) >= 11 is 0. The smallest absolute Gasteiger partial charge is 0.120 e. The summed E-state index contributed by atoms with van der Waals surface area (Å²) in [4.78, 5) is 5.02. The zero-order valence-electron chi connectivity index (χ0n) is 13.8. The van der Waals surface area contributed by atoms with Gasteiger partial charge in [0, 0.05) is 56.6 Å². The summed E-state index contributed by atoms with van der Waals surface area (Å²) in [5.41, 5.74) is 1.27. The van der Waals surface area contributed by atoms with Gasteiger partial charge in [0.2, 0.25) is 0 Å². The Morgan fingerprint density at radius 2 is 1.86 bits per heavy atom. The Morgan fingerprint density at radius 3 is 2.48 bits per heavy atom. The number of piperazine rings is 1. The summed E-state index contributed by atoms with van der Waals surface area (Å²) in [6.07, 6.45) is 0. The quantitative estimate of drug-likeness (QED) is 0.869. The van der Waals surface area contributed by atoms with E-state index >= 15 is 0 Å². The average molecular weight is 291 g/mol. The molecule has 4 heteroatoms. The molecule has 0 aliphatic carbocycles. The Labute approximate surface area is 129 Å². The number of hydrogen-bond donors (Lipinski definition) is 1. The van der Waals surface area contributed by atoms with Crippen LogP contribution < -0.4 is 15.0 Å². The second kappa shape index (κ2) is 7.66. The molecule has 0 spiro atoms. The van der Waals surface area contributed by atoms with Gasteiger partial charge in [0.1, 0.15) is 5.75 Å². The lowest BCUT2D eigenvalue weighted by molar-refractivity contribution is 0.191. The number of benzene rings is 1. The zero-order chi connectivity index (χ0) is 15.2. The van der Waals surface area contributed by atoms with Crippen LogP contribution in [-0.2, 0) is 0 Å². The Hall–Kier alpha value is -1.26. The fourth-order valence-electron chi connectivity index (χ4n) is 2.76. The SMILES string of the molecule is COc1cccc(N2CCN(C(C)CNC(C)C)CC2)c1. The Morgan fingerprint density at radius 1 is 1.14 bits per heavy atom. The Balaban J connectivity index is 1.85. The molecule has 0 saturated carbocycles. The van der Waals surface area contributed by atoms with Gasteiger partial charge in [0.25, 0.3) is 0 Å². The van der Waals surface area contributed by atoms with E-state index < -0.39 is 0 Å². The zero-order valence-corrected chi connectivity index (χ0v) is 13.8. The predicted octanol–water partition coefficient (Wildman–Crippen LogP) is 2.20. The molecule has 1 fully saturated rings. The molecule has 118 valence electrons. The van der Waals surface area contributed by atoms with E-state index in [4.69, 9.17) is 4.74 Å². The van der Waals surface area contributed by atoms with Gasteiger partial charge in [-0.3, -0.25) is 4.90 Å². The first-order valence-corrected chi connectivity index (χ1v) is 7.96. The van der Waals surface area contributed by atoms with E-state index in [0.717, 1.165) is 38.5 Å². The Kier molecular flexibility index (Phi) is 5.88. The second-order valence-electron chi connectivity index (χ2n) is 6.14. The maximum Gasteiger partial charge on any atom is 0.120 e. The van der Waals surface area contributed by atoms with Crippen LogP contribution >= 0.6 is 0 Å². The van der Waals surface area contributed by atoms with Crippen LogP contribution in [0.4, 0.5) is 5.69 Å². The summed E-state index contributed by atoms with van der Waals surface area (Å²) in [7, 11) is 1.72. The fourth-order valence-corrected chi connectivity index (χ4v) is 2.76. The van der Waals surface area contributed by atoms with E-state index in [9.17, 15) is 0 Å². The monoisotopic (exact) mass is 291 g/mol. The van der Waals surface area contributed by atoms with E-state index in [1.54, 1.807) is 7.11 Å². The van der Waals surface area contributed by atoms with Crippen molar-refractivity contribution in [2.45, 2.75) is 32.9 Å². The van der Waals surface area contributed by atoms with Crippen molar-refractivity contribution in [1.82, 2.24) is 10.2 Å². The molecule has 1 N–H and O–H groups in total. The number of ether oxygens (including phenoxy) is 1. The molecule has 1 unspecified atom stereocenters. The van der Waals surface area contributed by atoms with Gasteiger partial charge in [-0.05, 0) is 19.1 Å². The highest BCUT2D eigenvalue weighted by atomic mass is 16.5. The number of methoxy groups -OCH3 is 1. The molecule has 0 amide bonds. The van der Waals surface area contributed by atoms with Gasteiger partial charge in [-0.2, -0.15) is 0 Å². The third-order valence-corrected chi connectivity index (χ3v) is 4.18. The molecule has 0 bridgehead atoms. The summed E-state index contributed by atoms with van der Waals surface area (Å²) < 4.78 is 5.31. The van der Waals surface area contributed by atoms with Crippen molar-refractivity contribution < 1.29 is 4.74 Å². The standard InChI is InChI=1S/C17H29N3O/c1-14(2)18-13-15(3)19-8-10-20(11-9-19)16-6-5-7-17(12-16)21-4/h5-7,12,14-15,18H,8-11,13H2,1-4H3. The molecule has 21 heavy (non-hydrogen) atoms. The summed E-state index contributed by atoms with van der Waals surface area (Å²) in [5, 5.41) is 3.53. The van der Waals surface area contributed by atoms with Gasteiger partial charge in [0.05, 0.1) is 7.11 Å². The molecule has 1 aromatic carbocycles. The number of rotatable bonds is 6. The van der Waals surface area contributed by atoms with Crippen LogP contribution in [0.25, 0.3) is 0 Å². The first-order chi connectivity index (χ1) is 10.1. The molecule has 1 aliphatic heterocycles. The largest absolute Gasteiger partial charge is 0.497 e. The minimum Gasteiger partial charge on any atom is -0.497 e. The minimum atomic E-state index is 0.561. The number of anilines is 1. The molecule has 0 aromatic heterocycles. The van der Waals surface area contributed by atoms with Crippen LogP contribution in [0, 0.1) is 0 Å². The van der Waals surface area contributed by atoms with Gasteiger partial charge in [-0.15, -0.1) is 0 Å². The van der Waals surface area contributed by atoms with Crippen molar-refractivity contribution in [1.29, 1.82) is 0 Å². The lowest BCUT2D eigenvalue weighted by atomic mass is 10.2. The topological polar surface area (TPSA) is 27.7 Å². The van der Waals surface area contributed by atoms with Crippen LogP contribution in [-0.4, -0.2) is 56.8 Å². The van der Waals surface area contributed by atoms with E-state index in [0.29, 0.717) is 12.1 Å². The van der Waals surface area contributed by atoms with Crippen LogP contribution in [0.15, 0.2) is 24.3 Å². The molecular weight excluding hydrogens is 262 g/mol. The highest BCUT2D eigenvalue weighted by Crippen LogP contribution is 2.22. The van der Waals surface area contributed by atoms with Crippen LogP contribution in [0.5, 0.6) is 5.75 Å². The van der Waals surface area contributed by atoms with E-state index in [2.05, 4.69) is 54.1 Å². The van der Waals surface area contributed by atoms with Gasteiger partial charge < -0.3 is 15.0 Å². The number of nitrogens with one attached hydrogen (secondary N) is 1. The molecule has 1 aliphatic rings. The molecule has 1 saturated heterocycles. The van der Waals surface area contributed by atoms with Crippen molar-refractivity contribution in [3.63, 3.8) is 0 Å². The van der Waals surface area contributed by atoms with Crippen molar-refractivity contribution >= 4 is 5.69 Å². The number of hydrogen-bond acceptors (Lipinski definition) is 4. The predicted molar refractivity (Wildman–Crippen MR) is 89.4 cm³/mol. The van der Waals surface area contributed by atoms with E-state index in [-0.39, 0.29) is 0 Å². The van der Waals surface area contributed by atoms with Crippen LogP contribution in [0.3, 0.4) is 0 Å². The summed E-state index contributed by atoms with van der Waals surface area (Å²) in [6, 6.07) is 9.52. The van der Waals surface area contributed by atoms with Crippen molar-refractivity contribution in [3.8, 4) is 5.75 Å². The van der Waals surface area contributed by atoms with Gasteiger partial charge in [-0.25, -0.2) is 0 Å². The van der Waals surface area contributed by atoms with Gasteiger partial charge in [0.15, 0.2) is 0 Å². The normalized spacial score (nSPS) is 18.0. The summed E-state index contributed by atoms with van der Waals surface area (Å²) in [6.45, 7) is 12.2. The first kappa shape index (κ1) is 16.1. The number of nitrogens with zero attached hydrogens (tertiary/aromatic N) is 2. The van der Waals surface area contributed by atoms with Crippen LogP contribution in [0.1, 0.15) is 20.8 Å². The highest BCUT2D eigenvalue weighted by molar-refractivity contribution is 5.51. The maximum absolute atomic E-state index is 5.31. The van der Waals surface area contributed by atoms with E-state index in [1.807, 2.05) is 6.07 Å². The lowest BCUT2D eigenvalue weighted by Crippen LogP contribution is -2.52. The van der Waals surface area contributed by atoms with Crippen molar-refractivity contribution in [3.05, 3.63) is 24.3 Å². The van der Waals surface area contributed by atoms with Crippen molar-refractivity contribution in [2.24, 2.45) is 0 Å². The molecular formula is C17H29N3O. The maximum atomic E-state index is 5.31. The third kappa shape index (κ3) is 4.61. The molecule has 4 nitrogen and oxygen atoms in total. The molecule has 2 rings (SSSR count). The highest BCUT2D eigenvalue weighted by Gasteiger charge is 2.21. The van der Waals surface area contributed by atoms with Crippen LogP contribution in [0.2, 0.25) is 0 Å². The lowest BCUT2D eigenvalue weighted by Gasteiger charge is -2.39. The molecule has 1 atom stereocenters. The molecule has 1 aromatic rings. The van der Waals surface area contributed by atoms with Gasteiger partial charge >= 0.3 is 0 Å². The van der Waals surface area contributed by atoms with Gasteiger partial charge in [-0.1, -0.05) is 19.9 Å². The molecule has 0 radical (unpaired) electrons. The second-order valence-corrected chi connectivity index (χ2v) is 6.14. The minimum absolute atomic E-state index is 0.561. The first-order valence-electron chi connectivity index (χ1n) is 7.96. The Bertz CT molecular complexity index is 428. The third-order valence-electron chi connectivity index (χ3n) is 4.18. The molecule has 1 heterocycles. The summed E-state index contributed by atoms with van der Waals surface area (Å²) in [5.74, 6) is 0.935. The average Bonchev–Trinajstić information content (AvgIpc) is 2.52. The fraction of sp³-hybridized carbons (Fsp3) is 0.647. The van der Waals surface area contributed by atoms with Crippen molar-refractivity contribution in [2.75, 3.05) is 44.7 Å².